The van der Waals surface area contributed by atoms with Crippen LogP contribution in [0.1, 0.15) is 26.0 Å². The first-order valence-electron chi connectivity index (χ1n) is 10.5. The lowest BCUT2D eigenvalue weighted by molar-refractivity contribution is 0.489. The van der Waals surface area contributed by atoms with Crippen LogP contribution in [0.5, 0.6) is 0 Å². The molecule has 1 saturated heterocycles. The van der Waals surface area contributed by atoms with Gasteiger partial charge in [0, 0.05) is 36.1 Å². The van der Waals surface area contributed by atoms with Gasteiger partial charge >= 0.3 is 0 Å². The van der Waals surface area contributed by atoms with E-state index in [4.69, 9.17) is 0 Å². The third kappa shape index (κ3) is 8.34. The van der Waals surface area contributed by atoms with Gasteiger partial charge < -0.3 is 10.6 Å². The number of nitrogens with zero attached hydrogens (tertiary/aromatic N) is 4. The topological polar surface area (TPSA) is 82.0 Å². The Labute approximate surface area is 202 Å². The first kappa shape index (κ1) is 26.6. The van der Waals surface area contributed by atoms with Crippen LogP contribution in [0, 0.1) is 0 Å². The number of rotatable bonds is 10. The first-order valence-corrected chi connectivity index (χ1v) is 13.5. The van der Waals surface area contributed by atoms with Crippen LogP contribution in [0.4, 0.5) is 0 Å². The van der Waals surface area contributed by atoms with Gasteiger partial charge in [-0.3, -0.25) is 9.98 Å². The molecule has 0 saturated carbocycles. The number of nitrogens with one attached hydrogen (secondary N) is 2. The highest BCUT2D eigenvalue weighted by molar-refractivity contribution is 8.02. The van der Waals surface area contributed by atoms with Gasteiger partial charge in [-0.1, -0.05) is 26.0 Å². The molecule has 3 rings (SSSR count). The lowest BCUT2D eigenvalue weighted by Gasteiger charge is -2.16. The van der Waals surface area contributed by atoms with E-state index in [1.54, 1.807) is 11.3 Å². The molecule has 1 aromatic carbocycles. The molecule has 1 aromatic heterocycles. The predicted molar refractivity (Wildman–Crippen MR) is 142 cm³/mol. The molecule has 32 heavy (non-hydrogen) atoms. The minimum absolute atomic E-state index is 0.571. The van der Waals surface area contributed by atoms with Gasteiger partial charge in [0.15, 0.2) is 0 Å². The number of benzene rings is 1. The van der Waals surface area contributed by atoms with Crippen molar-refractivity contribution in [2.24, 2.45) is 9.98 Å². The number of thioether (sulfide) groups is 1. The van der Waals surface area contributed by atoms with Gasteiger partial charge in [-0.25, -0.2) is 13.5 Å². The van der Waals surface area contributed by atoms with Crippen LogP contribution < -0.4 is 10.6 Å². The molecule has 0 bridgehead atoms. The van der Waals surface area contributed by atoms with Crippen molar-refractivity contribution in [3.8, 4) is 10.6 Å². The van der Waals surface area contributed by atoms with Crippen molar-refractivity contribution in [2.75, 3.05) is 38.7 Å². The quantitative estimate of drug-likeness (QED) is 0.386. The summed E-state index contributed by atoms with van der Waals surface area (Å²) in [5.74, 6) is 0.571. The van der Waals surface area contributed by atoms with E-state index in [0.29, 0.717) is 5.88 Å². The minimum Gasteiger partial charge on any atom is -0.304 e. The summed E-state index contributed by atoms with van der Waals surface area (Å²) in [5.41, 5.74) is 2.50. The second-order valence-corrected chi connectivity index (χ2v) is 9.81. The second-order valence-electron chi connectivity index (χ2n) is 6.64. The fraction of sp³-hybridized carbons (Fsp3) is 0.409. The Hall–Kier alpha value is -1.69. The van der Waals surface area contributed by atoms with Gasteiger partial charge in [-0.2, -0.15) is 0 Å². The zero-order valence-corrected chi connectivity index (χ0v) is 21.2. The number of aliphatic imine (C=N–C) groups is 2. The van der Waals surface area contributed by atoms with Gasteiger partial charge in [0.2, 0.25) is 0 Å². The summed E-state index contributed by atoms with van der Waals surface area (Å²) in [6, 6.07) is 7.72. The summed E-state index contributed by atoms with van der Waals surface area (Å²) >= 11 is 3.04. The summed E-state index contributed by atoms with van der Waals surface area (Å²) in [5, 5.41) is 11.1. The molecule has 2 N–H and O–H groups in total. The molecule has 7 nitrogen and oxygen atoms in total. The Morgan fingerprint density at radius 1 is 1.25 bits per heavy atom. The van der Waals surface area contributed by atoms with Crippen molar-refractivity contribution in [3.63, 3.8) is 0 Å². The first-order chi connectivity index (χ1) is 15.6. The highest BCUT2D eigenvalue weighted by atomic mass is 32.2. The number of hydrogen-bond donors (Lipinski definition) is 2. The van der Waals surface area contributed by atoms with Crippen LogP contribution in [0.25, 0.3) is 16.3 Å². The molecule has 2 aromatic rings. The van der Waals surface area contributed by atoms with E-state index in [2.05, 4.69) is 39.0 Å². The van der Waals surface area contributed by atoms with Crippen molar-refractivity contribution in [1.29, 1.82) is 0 Å². The summed E-state index contributed by atoms with van der Waals surface area (Å²) < 4.78 is 14.4. The van der Waals surface area contributed by atoms with Gasteiger partial charge in [-0.15, -0.1) is 23.1 Å². The Kier molecular flexibility index (Phi) is 12.6. The molecule has 10 heteroatoms. The monoisotopic (exact) mass is 492 g/mol. The third-order valence-electron chi connectivity index (χ3n) is 4.50. The Bertz CT molecular complexity index is 878. The van der Waals surface area contributed by atoms with Gasteiger partial charge in [0.05, 0.1) is 16.5 Å². The van der Waals surface area contributed by atoms with E-state index < -0.39 is 11.0 Å². The molecule has 2 heterocycles. The van der Waals surface area contributed by atoms with E-state index in [0.717, 1.165) is 46.6 Å². The molecule has 0 amide bonds. The summed E-state index contributed by atoms with van der Waals surface area (Å²) in [4.78, 5) is 13.3. The van der Waals surface area contributed by atoms with E-state index in [-0.39, 0.29) is 0 Å². The zero-order chi connectivity index (χ0) is 23.2. The fourth-order valence-electron chi connectivity index (χ4n) is 2.80. The maximum Gasteiger partial charge on any atom is 0.127 e. The molecule has 1 aliphatic heterocycles. The molecule has 0 radical (unpaired) electrons. The van der Waals surface area contributed by atoms with Gasteiger partial charge in [0.25, 0.3) is 0 Å². The summed E-state index contributed by atoms with van der Waals surface area (Å²) in [6.45, 7) is 16.0. The van der Waals surface area contributed by atoms with Crippen LogP contribution in [-0.4, -0.2) is 65.7 Å². The van der Waals surface area contributed by atoms with Gasteiger partial charge in [-0.05, 0) is 45.1 Å². The normalized spacial score (nSPS) is 15.0. The molecule has 0 spiro atoms. The lowest BCUT2D eigenvalue weighted by atomic mass is 10.2. The van der Waals surface area contributed by atoms with E-state index in [1.807, 2.05) is 53.2 Å². The SMILES string of the molecule is C1CNCNC1.C=NCS/C=C(\N=C)c1csc(-c2ccc(S(=O)N(CC)CC)cc2)n1. The Balaban J connectivity index is 0.000000520. The molecule has 1 aliphatic rings. The van der Waals surface area contributed by atoms with E-state index >= 15 is 0 Å². The minimum atomic E-state index is -1.13. The zero-order valence-electron chi connectivity index (χ0n) is 18.7. The van der Waals surface area contributed by atoms with Crippen LogP contribution in [0.2, 0.25) is 0 Å². The maximum absolute atomic E-state index is 12.5. The number of thiazole rings is 1. The number of hydrogen-bond acceptors (Lipinski definition) is 8. The van der Waals surface area contributed by atoms with Crippen molar-refractivity contribution >= 4 is 53.2 Å². The highest BCUT2D eigenvalue weighted by Gasteiger charge is 2.13. The van der Waals surface area contributed by atoms with Crippen molar-refractivity contribution in [3.05, 3.63) is 40.7 Å². The lowest BCUT2D eigenvalue weighted by Crippen LogP contribution is -2.37. The molecular weight excluding hydrogens is 460 g/mol. The largest absolute Gasteiger partial charge is 0.304 e. The van der Waals surface area contributed by atoms with Crippen LogP contribution in [0.3, 0.4) is 0 Å². The fourth-order valence-corrected chi connectivity index (χ4v) is 5.29. The second kappa shape index (κ2) is 15.2. The average molecular weight is 493 g/mol. The van der Waals surface area contributed by atoms with Gasteiger partial charge in [0.1, 0.15) is 21.7 Å². The summed E-state index contributed by atoms with van der Waals surface area (Å²) in [7, 11) is -1.13. The van der Waals surface area contributed by atoms with Crippen molar-refractivity contribution < 1.29 is 4.21 Å². The molecule has 1 unspecified atom stereocenters. The molecular formula is C22H32N6OS3. The van der Waals surface area contributed by atoms with Crippen LogP contribution >= 0.6 is 23.1 Å². The molecule has 1 fully saturated rings. The predicted octanol–water partition coefficient (Wildman–Crippen LogP) is 4.09. The average Bonchev–Trinajstić information content (AvgIpc) is 3.34. The van der Waals surface area contributed by atoms with E-state index in [1.165, 1.54) is 31.3 Å². The van der Waals surface area contributed by atoms with Crippen molar-refractivity contribution in [2.45, 2.75) is 25.2 Å². The van der Waals surface area contributed by atoms with Crippen molar-refractivity contribution in [1.82, 2.24) is 19.9 Å². The molecule has 1 atom stereocenters. The Morgan fingerprint density at radius 3 is 2.44 bits per heavy atom. The standard InChI is InChI=1S/C18H22N4OS3.C4H10N2/c1-5-22(6-2)26(23)15-9-7-14(8-10-15)18-21-17(12-25-18)16(20-4)11-24-13-19-3;1-2-5-4-6-3-1/h7-12H,3-6,13H2,1-2H3;5-6H,1-4H2/b16-11-;. The summed E-state index contributed by atoms with van der Waals surface area (Å²) in [6.07, 6.45) is 1.28. The number of aromatic nitrogens is 1. The third-order valence-corrected chi connectivity index (χ3v) is 7.77. The van der Waals surface area contributed by atoms with Crippen LogP contribution in [-0.2, 0) is 11.0 Å². The molecule has 174 valence electrons. The van der Waals surface area contributed by atoms with Crippen LogP contribution in [0.15, 0.2) is 49.9 Å². The molecule has 0 aliphatic carbocycles. The highest BCUT2D eigenvalue weighted by Crippen LogP contribution is 2.29. The Morgan fingerprint density at radius 2 is 1.94 bits per heavy atom. The maximum atomic E-state index is 12.5. The smallest absolute Gasteiger partial charge is 0.127 e. The van der Waals surface area contributed by atoms with E-state index in [9.17, 15) is 4.21 Å².